The van der Waals surface area contributed by atoms with Crippen LogP contribution in [-0.2, 0) is 0 Å². The van der Waals surface area contributed by atoms with E-state index < -0.39 is 0 Å². The summed E-state index contributed by atoms with van der Waals surface area (Å²) in [6.07, 6.45) is 5.05. The van der Waals surface area contributed by atoms with Gasteiger partial charge < -0.3 is 10.1 Å². The third kappa shape index (κ3) is 1.79. The van der Waals surface area contributed by atoms with Crippen LogP contribution < -0.4 is 10.1 Å². The lowest BCUT2D eigenvalue weighted by molar-refractivity contribution is 0.415. The summed E-state index contributed by atoms with van der Waals surface area (Å²) in [6, 6.07) is 6.38. The molecule has 0 bridgehead atoms. The predicted octanol–water partition coefficient (Wildman–Crippen LogP) is 2.57. The van der Waals surface area contributed by atoms with E-state index >= 15 is 0 Å². The number of ether oxygens (including phenoxy) is 1. The fraction of sp³-hybridized carbons (Fsp3) is 0.429. The van der Waals surface area contributed by atoms with E-state index in [1.54, 1.807) is 7.11 Å². The van der Waals surface area contributed by atoms with Gasteiger partial charge in [-0.1, -0.05) is 12.8 Å². The van der Waals surface area contributed by atoms with E-state index in [-0.39, 0.29) is 0 Å². The van der Waals surface area contributed by atoms with Crippen LogP contribution in [0.1, 0.15) is 25.7 Å². The Bertz CT molecular complexity index is 753. The van der Waals surface area contributed by atoms with Gasteiger partial charge in [-0.15, -0.1) is 0 Å². The Balaban J connectivity index is 1.72. The van der Waals surface area contributed by atoms with Gasteiger partial charge in [0.15, 0.2) is 0 Å². The van der Waals surface area contributed by atoms with Crippen LogP contribution in [0.3, 0.4) is 0 Å². The van der Waals surface area contributed by atoms with E-state index in [0.717, 1.165) is 22.7 Å². The molecule has 1 aromatic carbocycles. The zero-order chi connectivity index (χ0) is 13.5. The maximum atomic E-state index is 5.22. The van der Waals surface area contributed by atoms with E-state index in [9.17, 15) is 0 Å². The Morgan fingerprint density at radius 3 is 2.95 bits per heavy atom. The lowest BCUT2D eigenvalue weighted by Gasteiger charge is -2.09. The first kappa shape index (κ1) is 11.6. The average Bonchev–Trinajstić information content (AvgIpc) is 3.14. The van der Waals surface area contributed by atoms with Gasteiger partial charge in [-0.25, -0.2) is 9.50 Å². The molecule has 6 heteroatoms. The Hall–Kier alpha value is -2.24. The summed E-state index contributed by atoms with van der Waals surface area (Å²) in [6.45, 7) is 0. The highest BCUT2D eigenvalue weighted by molar-refractivity contribution is 5.80. The summed E-state index contributed by atoms with van der Waals surface area (Å²) in [5.41, 5.74) is 1.89. The third-order valence-corrected chi connectivity index (χ3v) is 3.97. The topological polar surface area (TPSA) is 67.2 Å². The first-order chi connectivity index (χ1) is 9.83. The quantitative estimate of drug-likeness (QED) is 0.768. The summed E-state index contributed by atoms with van der Waals surface area (Å²) in [4.78, 5) is 9.03. The molecular formula is C14H17N5O. The van der Waals surface area contributed by atoms with Crippen molar-refractivity contribution in [3.05, 3.63) is 18.2 Å². The molecule has 0 unspecified atom stereocenters. The highest BCUT2D eigenvalue weighted by Crippen LogP contribution is 2.24. The van der Waals surface area contributed by atoms with Crippen molar-refractivity contribution in [1.82, 2.24) is 19.6 Å². The number of H-pyrrole nitrogens is 1. The lowest BCUT2D eigenvalue weighted by atomic mass is 10.3. The largest absolute Gasteiger partial charge is 0.497 e. The van der Waals surface area contributed by atoms with Gasteiger partial charge in [0.2, 0.25) is 5.95 Å². The second-order valence-corrected chi connectivity index (χ2v) is 5.30. The van der Waals surface area contributed by atoms with Crippen molar-refractivity contribution in [2.75, 3.05) is 12.4 Å². The van der Waals surface area contributed by atoms with E-state index in [2.05, 4.69) is 20.4 Å². The number of methoxy groups -OCH3 is 1. The number of anilines is 1. The van der Waals surface area contributed by atoms with Crippen molar-refractivity contribution < 1.29 is 4.74 Å². The molecule has 2 heterocycles. The number of fused-ring (bicyclic) bond motifs is 3. The summed E-state index contributed by atoms with van der Waals surface area (Å²) in [7, 11) is 1.66. The number of aromatic amines is 1. The Morgan fingerprint density at radius 1 is 1.30 bits per heavy atom. The number of hydrogen-bond acceptors (Lipinski definition) is 4. The minimum atomic E-state index is 0.539. The van der Waals surface area contributed by atoms with Gasteiger partial charge in [0.05, 0.1) is 18.1 Å². The monoisotopic (exact) mass is 271 g/mol. The van der Waals surface area contributed by atoms with Crippen molar-refractivity contribution >= 4 is 22.8 Å². The van der Waals surface area contributed by atoms with Crippen molar-refractivity contribution in [2.45, 2.75) is 31.7 Å². The minimum absolute atomic E-state index is 0.539. The zero-order valence-electron chi connectivity index (χ0n) is 11.4. The standard InChI is InChI=1S/C14H17N5O/c1-20-10-6-7-12-11(8-10)16-14-17-13(18-19(12)14)15-9-4-2-3-5-9/h6-9H,2-5H2,1H3,(H2,15,16,17,18). The lowest BCUT2D eigenvalue weighted by Crippen LogP contribution is -2.15. The van der Waals surface area contributed by atoms with Gasteiger partial charge in [0, 0.05) is 12.1 Å². The summed E-state index contributed by atoms with van der Waals surface area (Å²) in [5, 5.41) is 6.73. The molecule has 0 aliphatic heterocycles. The minimum Gasteiger partial charge on any atom is -0.497 e. The van der Waals surface area contributed by atoms with Crippen molar-refractivity contribution in [1.29, 1.82) is 0 Å². The molecule has 2 N–H and O–H groups in total. The van der Waals surface area contributed by atoms with Crippen molar-refractivity contribution in [3.8, 4) is 5.75 Å². The molecule has 104 valence electrons. The second kappa shape index (κ2) is 4.40. The zero-order valence-corrected chi connectivity index (χ0v) is 11.4. The van der Waals surface area contributed by atoms with Crippen LogP contribution >= 0.6 is 0 Å². The SMILES string of the molecule is COc1ccc2c(c1)nc1nc(NC3CCCC3)[nH]n12. The molecule has 6 nitrogen and oxygen atoms in total. The summed E-state index contributed by atoms with van der Waals surface area (Å²) in [5.74, 6) is 2.30. The first-order valence-electron chi connectivity index (χ1n) is 7.02. The number of nitrogens with zero attached hydrogens (tertiary/aromatic N) is 3. The first-order valence-corrected chi connectivity index (χ1v) is 7.02. The molecule has 3 aromatic rings. The van der Waals surface area contributed by atoms with Gasteiger partial charge >= 0.3 is 0 Å². The molecule has 2 aromatic heterocycles. The molecule has 4 rings (SSSR count). The molecule has 1 aliphatic carbocycles. The van der Waals surface area contributed by atoms with Crippen LogP contribution in [0.15, 0.2) is 18.2 Å². The van der Waals surface area contributed by atoms with Gasteiger partial charge in [0.25, 0.3) is 5.78 Å². The van der Waals surface area contributed by atoms with Gasteiger partial charge in [-0.2, -0.15) is 4.98 Å². The number of nitrogens with one attached hydrogen (secondary N) is 2. The van der Waals surface area contributed by atoms with Crippen LogP contribution in [-0.4, -0.2) is 32.7 Å². The summed E-state index contributed by atoms with van der Waals surface area (Å²) >= 11 is 0. The summed E-state index contributed by atoms with van der Waals surface area (Å²) < 4.78 is 7.12. The smallest absolute Gasteiger partial charge is 0.253 e. The van der Waals surface area contributed by atoms with Crippen LogP contribution in [0.2, 0.25) is 0 Å². The molecule has 20 heavy (non-hydrogen) atoms. The van der Waals surface area contributed by atoms with Crippen LogP contribution in [0, 0.1) is 0 Å². The van der Waals surface area contributed by atoms with Crippen molar-refractivity contribution in [2.24, 2.45) is 0 Å². The molecule has 0 spiro atoms. The van der Waals surface area contributed by atoms with Gasteiger partial charge in [0.1, 0.15) is 5.75 Å². The van der Waals surface area contributed by atoms with Crippen LogP contribution in [0.25, 0.3) is 16.8 Å². The molecule has 0 saturated heterocycles. The average molecular weight is 271 g/mol. The molecule has 0 amide bonds. The highest BCUT2D eigenvalue weighted by Gasteiger charge is 2.17. The molecule has 0 radical (unpaired) electrons. The van der Waals surface area contributed by atoms with Crippen molar-refractivity contribution in [3.63, 3.8) is 0 Å². The number of benzene rings is 1. The molecule has 1 fully saturated rings. The third-order valence-electron chi connectivity index (χ3n) is 3.97. The predicted molar refractivity (Wildman–Crippen MR) is 77.3 cm³/mol. The number of imidazole rings is 1. The second-order valence-electron chi connectivity index (χ2n) is 5.30. The highest BCUT2D eigenvalue weighted by atomic mass is 16.5. The normalized spacial score (nSPS) is 16.2. The van der Waals surface area contributed by atoms with E-state index in [4.69, 9.17) is 4.74 Å². The fourth-order valence-electron chi connectivity index (χ4n) is 2.92. The number of aromatic nitrogens is 4. The fourth-order valence-corrected chi connectivity index (χ4v) is 2.92. The molecular weight excluding hydrogens is 254 g/mol. The van der Waals surface area contributed by atoms with E-state index in [1.807, 2.05) is 22.7 Å². The maximum Gasteiger partial charge on any atom is 0.253 e. The van der Waals surface area contributed by atoms with Crippen LogP contribution in [0.4, 0.5) is 5.95 Å². The van der Waals surface area contributed by atoms with Gasteiger partial charge in [-0.05, 0) is 25.0 Å². The molecule has 0 atom stereocenters. The Kier molecular flexibility index (Phi) is 2.55. The number of rotatable bonds is 3. The van der Waals surface area contributed by atoms with E-state index in [1.165, 1.54) is 25.7 Å². The number of hydrogen-bond donors (Lipinski definition) is 2. The van der Waals surface area contributed by atoms with Gasteiger partial charge in [-0.3, -0.25) is 5.10 Å². The molecule has 1 saturated carbocycles. The Labute approximate surface area is 116 Å². The Morgan fingerprint density at radius 2 is 2.15 bits per heavy atom. The maximum absolute atomic E-state index is 5.22. The van der Waals surface area contributed by atoms with E-state index in [0.29, 0.717) is 11.8 Å². The molecule has 1 aliphatic rings. The van der Waals surface area contributed by atoms with Crippen LogP contribution in [0.5, 0.6) is 5.75 Å².